The molecule has 0 N–H and O–H groups in total. The van der Waals surface area contributed by atoms with Gasteiger partial charge in [0.05, 0.1) is 18.4 Å². The Morgan fingerprint density at radius 1 is 1.33 bits per heavy atom. The van der Waals surface area contributed by atoms with E-state index in [0.717, 1.165) is 0 Å². The van der Waals surface area contributed by atoms with E-state index < -0.39 is 18.5 Å². The van der Waals surface area contributed by atoms with Gasteiger partial charge in [-0.1, -0.05) is 24.3 Å². The highest BCUT2D eigenvalue weighted by molar-refractivity contribution is 5.32. The number of nitrogens with zero attached hydrogens (tertiary/aromatic N) is 1. The van der Waals surface area contributed by atoms with Crippen LogP contribution in [0.3, 0.4) is 0 Å². The van der Waals surface area contributed by atoms with Crippen LogP contribution in [0.25, 0.3) is 0 Å². The van der Waals surface area contributed by atoms with Gasteiger partial charge in [0.2, 0.25) is 0 Å². The summed E-state index contributed by atoms with van der Waals surface area (Å²) in [5.74, 6) is -1.11. The van der Waals surface area contributed by atoms with Crippen LogP contribution in [-0.4, -0.2) is 6.18 Å². The highest BCUT2D eigenvalue weighted by atomic mass is 19.4. The fourth-order valence-electron chi connectivity index (χ4n) is 1.43. The van der Waals surface area contributed by atoms with Gasteiger partial charge in [-0.2, -0.15) is 18.4 Å². The number of aryl methyl sites for hydroxylation is 1. The van der Waals surface area contributed by atoms with Gasteiger partial charge in [-0.3, -0.25) is 0 Å². The van der Waals surface area contributed by atoms with Crippen LogP contribution in [0.4, 0.5) is 13.2 Å². The zero-order valence-electron chi connectivity index (χ0n) is 8.17. The largest absolute Gasteiger partial charge is 0.390 e. The summed E-state index contributed by atoms with van der Waals surface area (Å²) in [6, 6.07) is 8.34. The van der Waals surface area contributed by atoms with Gasteiger partial charge in [0.1, 0.15) is 0 Å². The van der Waals surface area contributed by atoms with Crippen LogP contribution in [0.15, 0.2) is 24.3 Å². The maximum absolute atomic E-state index is 12.2. The molecule has 0 heterocycles. The van der Waals surface area contributed by atoms with Crippen molar-refractivity contribution in [2.75, 3.05) is 0 Å². The van der Waals surface area contributed by atoms with Crippen LogP contribution in [-0.2, 0) is 0 Å². The van der Waals surface area contributed by atoms with Gasteiger partial charge >= 0.3 is 6.18 Å². The topological polar surface area (TPSA) is 23.8 Å². The summed E-state index contributed by atoms with van der Waals surface area (Å²) in [5, 5.41) is 8.72. The molecule has 4 heteroatoms. The molecule has 15 heavy (non-hydrogen) atoms. The fraction of sp³-hybridized carbons (Fsp3) is 0.364. The number of alkyl halides is 3. The van der Waals surface area contributed by atoms with E-state index in [1.165, 1.54) is 0 Å². The van der Waals surface area contributed by atoms with Crippen LogP contribution in [0, 0.1) is 18.3 Å². The Morgan fingerprint density at radius 2 is 1.93 bits per heavy atom. The normalized spacial score (nSPS) is 13.3. The Hall–Kier alpha value is -1.50. The third-order valence-corrected chi connectivity index (χ3v) is 2.16. The molecule has 0 saturated heterocycles. The smallest absolute Gasteiger partial charge is 0.198 e. The molecule has 0 aromatic heterocycles. The highest BCUT2D eigenvalue weighted by Gasteiger charge is 2.33. The molecule has 1 nitrogen and oxygen atoms in total. The van der Waals surface area contributed by atoms with Crippen molar-refractivity contribution in [1.29, 1.82) is 5.26 Å². The maximum atomic E-state index is 12.2. The third kappa shape index (κ3) is 3.28. The molecule has 1 aromatic rings. The summed E-state index contributed by atoms with van der Waals surface area (Å²) in [6.07, 6.45) is -5.39. The van der Waals surface area contributed by atoms with Crippen LogP contribution >= 0.6 is 0 Å². The molecule has 0 unspecified atom stereocenters. The van der Waals surface area contributed by atoms with E-state index in [2.05, 4.69) is 0 Å². The first-order chi connectivity index (χ1) is 6.94. The van der Waals surface area contributed by atoms with Crippen LogP contribution in [0.1, 0.15) is 23.5 Å². The quantitative estimate of drug-likeness (QED) is 0.736. The number of nitriles is 1. The Kier molecular flexibility index (Phi) is 3.35. The summed E-state index contributed by atoms with van der Waals surface area (Å²) in [6.45, 7) is 1.70. The summed E-state index contributed by atoms with van der Waals surface area (Å²) in [4.78, 5) is 0. The average molecular weight is 213 g/mol. The van der Waals surface area contributed by atoms with Gasteiger partial charge in [-0.15, -0.1) is 0 Å². The minimum absolute atomic E-state index is 0.456. The molecule has 0 aliphatic rings. The molecule has 1 rings (SSSR count). The van der Waals surface area contributed by atoms with E-state index in [4.69, 9.17) is 5.26 Å². The first kappa shape index (κ1) is 11.6. The monoisotopic (exact) mass is 213 g/mol. The highest BCUT2D eigenvalue weighted by Crippen LogP contribution is 2.31. The molecule has 0 spiro atoms. The zero-order valence-corrected chi connectivity index (χ0v) is 8.17. The standard InChI is InChI=1S/C11H10F3N/c1-8-4-2-3-5-10(8)9(7-15)6-11(12,13)14/h2-5,9H,6H2,1H3/t9-/m1/s1. The molecular weight excluding hydrogens is 203 g/mol. The van der Waals surface area contributed by atoms with Gasteiger partial charge in [-0.25, -0.2) is 0 Å². The molecule has 0 bridgehead atoms. The minimum Gasteiger partial charge on any atom is -0.198 e. The van der Waals surface area contributed by atoms with Gasteiger partial charge in [0.25, 0.3) is 0 Å². The fourth-order valence-corrected chi connectivity index (χ4v) is 1.43. The second-order valence-electron chi connectivity index (χ2n) is 3.36. The van der Waals surface area contributed by atoms with Gasteiger partial charge < -0.3 is 0 Å². The molecule has 0 aliphatic carbocycles. The van der Waals surface area contributed by atoms with Gasteiger partial charge in [0.15, 0.2) is 0 Å². The Morgan fingerprint density at radius 3 is 2.40 bits per heavy atom. The molecule has 0 saturated carbocycles. The van der Waals surface area contributed by atoms with Crippen molar-refractivity contribution in [1.82, 2.24) is 0 Å². The van der Waals surface area contributed by atoms with Crippen molar-refractivity contribution in [2.45, 2.75) is 25.4 Å². The van der Waals surface area contributed by atoms with E-state index in [1.54, 1.807) is 37.3 Å². The Bertz CT molecular complexity index is 376. The molecular formula is C11H10F3N. The van der Waals surface area contributed by atoms with E-state index in [-0.39, 0.29) is 0 Å². The molecule has 1 atom stereocenters. The zero-order chi connectivity index (χ0) is 11.5. The maximum Gasteiger partial charge on any atom is 0.390 e. The van der Waals surface area contributed by atoms with E-state index in [1.807, 2.05) is 0 Å². The number of hydrogen-bond donors (Lipinski definition) is 0. The first-order valence-corrected chi connectivity index (χ1v) is 4.46. The lowest BCUT2D eigenvalue weighted by Gasteiger charge is -2.14. The van der Waals surface area contributed by atoms with E-state index >= 15 is 0 Å². The second-order valence-corrected chi connectivity index (χ2v) is 3.36. The Labute approximate surface area is 86.1 Å². The predicted octanol–water partition coefficient (Wildman–Crippen LogP) is 3.55. The number of benzene rings is 1. The van der Waals surface area contributed by atoms with Crippen LogP contribution < -0.4 is 0 Å². The van der Waals surface area contributed by atoms with Crippen molar-refractivity contribution in [2.24, 2.45) is 0 Å². The van der Waals surface area contributed by atoms with E-state index in [0.29, 0.717) is 11.1 Å². The van der Waals surface area contributed by atoms with Crippen LogP contribution in [0.5, 0.6) is 0 Å². The Balaban J connectivity index is 2.95. The molecule has 0 aliphatic heterocycles. The van der Waals surface area contributed by atoms with Crippen molar-refractivity contribution in [3.8, 4) is 6.07 Å². The summed E-state index contributed by atoms with van der Waals surface area (Å²) in [7, 11) is 0. The van der Waals surface area contributed by atoms with Crippen molar-refractivity contribution in [3.05, 3.63) is 35.4 Å². The predicted molar refractivity (Wildman–Crippen MR) is 50.2 cm³/mol. The molecule has 0 fully saturated rings. The summed E-state index contributed by atoms with van der Waals surface area (Å²) >= 11 is 0. The lowest BCUT2D eigenvalue weighted by molar-refractivity contribution is -0.136. The van der Waals surface area contributed by atoms with Gasteiger partial charge in [0, 0.05) is 0 Å². The van der Waals surface area contributed by atoms with Crippen molar-refractivity contribution < 1.29 is 13.2 Å². The minimum atomic E-state index is -4.30. The third-order valence-electron chi connectivity index (χ3n) is 2.16. The number of halogens is 3. The van der Waals surface area contributed by atoms with Gasteiger partial charge in [-0.05, 0) is 18.1 Å². The second kappa shape index (κ2) is 4.35. The molecule has 80 valence electrons. The first-order valence-electron chi connectivity index (χ1n) is 4.46. The van der Waals surface area contributed by atoms with Crippen molar-refractivity contribution >= 4 is 0 Å². The average Bonchev–Trinajstić information content (AvgIpc) is 2.14. The number of hydrogen-bond acceptors (Lipinski definition) is 1. The molecule has 0 amide bonds. The van der Waals surface area contributed by atoms with E-state index in [9.17, 15) is 13.2 Å². The lowest BCUT2D eigenvalue weighted by Crippen LogP contribution is -2.13. The molecule has 0 radical (unpaired) electrons. The SMILES string of the molecule is Cc1ccccc1[C@@H](C#N)CC(F)(F)F. The number of rotatable bonds is 2. The summed E-state index contributed by atoms with van der Waals surface area (Å²) < 4.78 is 36.5. The molecule has 1 aromatic carbocycles. The van der Waals surface area contributed by atoms with Crippen LogP contribution in [0.2, 0.25) is 0 Å². The van der Waals surface area contributed by atoms with Crippen molar-refractivity contribution in [3.63, 3.8) is 0 Å². The summed E-state index contributed by atoms with van der Waals surface area (Å²) in [5.41, 5.74) is 1.17. The lowest BCUT2D eigenvalue weighted by atomic mass is 9.93.